The van der Waals surface area contributed by atoms with E-state index in [9.17, 15) is 5.11 Å². The van der Waals surface area contributed by atoms with Gasteiger partial charge in [0.25, 0.3) is 0 Å². The van der Waals surface area contributed by atoms with E-state index in [0.717, 1.165) is 28.9 Å². The summed E-state index contributed by atoms with van der Waals surface area (Å²) in [5, 5.41) is 15.4. The summed E-state index contributed by atoms with van der Waals surface area (Å²) < 4.78 is 6.83. The zero-order valence-corrected chi connectivity index (χ0v) is 13.4. The Morgan fingerprint density at radius 2 is 2.00 bits per heavy atom. The molecule has 0 spiro atoms. The standard InChI is InChI=1S/C16H21ClN2O2/c1-4-13-16(17)14(19(2)18-13)9-15(20)12-7-5-11(6-8-12)10-21-3/h5-8,15,20H,4,9-10H2,1-3H3. The molecule has 1 aromatic heterocycles. The van der Waals surface area contributed by atoms with Crippen LogP contribution in [0, 0.1) is 0 Å². The zero-order valence-electron chi connectivity index (χ0n) is 12.6. The van der Waals surface area contributed by atoms with E-state index < -0.39 is 6.10 Å². The number of aliphatic hydroxyl groups excluding tert-OH is 1. The van der Waals surface area contributed by atoms with Crippen molar-refractivity contribution in [1.82, 2.24) is 9.78 Å². The van der Waals surface area contributed by atoms with Crippen LogP contribution in [0.5, 0.6) is 0 Å². The molecule has 1 unspecified atom stereocenters. The van der Waals surface area contributed by atoms with E-state index in [1.807, 2.05) is 38.2 Å². The van der Waals surface area contributed by atoms with Gasteiger partial charge in [-0.25, -0.2) is 0 Å². The smallest absolute Gasteiger partial charge is 0.0850 e. The molecule has 1 N–H and O–H groups in total. The molecule has 0 saturated heterocycles. The number of nitrogens with zero attached hydrogens (tertiary/aromatic N) is 2. The molecule has 1 aromatic carbocycles. The minimum atomic E-state index is -0.598. The number of benzene rings is 1. The summed E-state index contributed by atoms with van der Waals surface area (Å²) in [5.74, 6) is 0. The fourth-order valence-electron chi connectivity index (χ4n) is 2.35. The first-order chi connectivity index (χ1) is 10.1. The average Bonchev–Trinajstić information content (AvgIpc) is 2.75. The summed E-state index contributed by atoms with van der Waals surface area (Å²) in [7, 11) is 3.52. The molecule has 0 radical (unpaired) electrons. The lowest BCUT2D eigenvalue weighted by Gasteiger charge is -2.12. The van der Waals surface area contributed by atoms with Gasteiger partial charge < -0.3 is 9.84 Å². The van der Waals surface area contributed by atoms with Crippen LogP contribution >= 0.6 is 11.6 Å². The first-order valence-electron chi connectivity index (χ1n) is 7.02. The van der Waals surface area contributed by atoms with Crippen molar-refractivity contribution in [3.63, 3.8) is 0 Å². The molecule has 114 valence electrons. The molecular formula is C16H21ClN2O2. The Bertz CT molecular complexity index is 593. The number of aromatic nitrogens is 2. The topological polar surface area (TPSA) is 47.3 Å². The molecule has 0 amide bonds. The number of hydrogen-bond acceptors (Lipinski definition) is 3. The maximum absolute atomic E-state index is 10.4. The Morgan fingerprint density at radius 3 is 2.52 bits per heavy atom. The highest BCUT2D eigenvalue weighted by Gasteiger charge is 2.17. The van der Waals surface area contributed by atoms with Gasteiger partial charge in [0.1, 0.15) is 0 Å². The van der Waals surface area contributed by atoms with Crippen LogP contribution in [0.2, 0.25) is 5.02 Å². The van der Waals surface area contributed by atoms with Gasteiger partial charge in [-0.05, 0) is 17.5 Å². The fourth-order valence-corrected chi connectivity index (χ4v) is 2.72. The number of methoxy groups -OCH3 is 1. The van der Waals surface area contributed by atoms with Crippen molar-refractivity contribution in [2.45, 2.75) is 32.5 Å². The van der Waals surface area contributed by atoms with Crippen molar-refractivity contribution in [2.24, 2.45) is 7.05 Å². The summed E-state index contributed by atoms with van der Waals surface area (Å²) >= 11 is 6.32. The second kappa shape index (κ2) is 7.07. The molecule has 0 bridgehead atoms. The second-order valence-corrected chi connectivity index (χ2v) is 5.46. The molecule has 0 aliphatic carbocycles. The fraction of sp³-hybridized carbons (Fsp3) is 0.438. The minimum absolute atomic E-state index is 0.450. The van der Waals surface area contributed by atoms with Crippen LogP contribution in [-0.4, -0.2) is 22.0 Å². The van der Waals surface area contributed by atoms with Crippen LogP contribution < -0.4 is 0 Å². The van der Waals surface area contributed by atoms with Crippen LogP contribution in [-0.2, 0) is 31.2 Å². The van der Waals surface area contributed by atoms with E-state index in [0.29, 0.717) is 18.1 Å². The number of aryl methyl sites for hydroxylation is 2. The molecule has 0 saturated carbocycles. The predicted molar refractivity (Wildman–Crippen MR) is 83.4 cm³/mol. The van der Waals surface area contributed by atoms with Crippen molar-refractivity contribution < 1.29 is 9.84 Å². The Kier molecular flexibility index (Phi) is 5.39. The molecule has 1 heterocycles. The highest BCUT2D eigenvalue weighted by atomic mass is 35.5. The largest absolute Gasteiger partial charge is 0.388 e. The molecule has 0 fully saturated rings. The Hall–Kier alpha value is -1.36. The zero-order chi connectivity index (χ0) is 15.4. The summed E-state index contributed by atoms with van der Waals surface area (Å²) in [6.45, 7) is 2.59. The second-order valence-electron chi connectivity index (χ2n) is 5.08. The maximum Gasteiger partial charge on any atom is 0.0850 e. The number of aliphatic hydroxyl groups is 1. The Morgan fingerprint density at radius 1 is 1.33 bits per heavy atom. The van der Waals surface area contributed by atoms with E-state index in [4.69, 9.17) is 16.3 Å². The lowest BCUT2D eigenvalue weighted by molar-refractivity contribution is 0.175. The van der Waals surface area contributed by atoms with Crippen molar-refractivity contribution >= 4 is 11.6 Å². The van der Waals surface area contributed by atoms with Crippen molar-refractivity contribution in [2.75, 3.05) is 7.11 Å². The van der Waals surface area contributed by atoms with Crippen molar-refractivity contribution in [3.05, 3.63) is 51.8 Å². The molecule has 4 nitrogen and oxygen atoms in total. The minimum Gasteiger partial charge on any atom is -0.388 e. The van der Waals surface area contributed by atoms with Crippen molar-refractivity contribution in [1.29, 1.82) is 0 Å². The van der Waals surface area contributed by atoms with Crippen molar-refractivity contribution in [3.8, 4) is 0 Å². The van der Waals surface area contributed by atoms with E-state index in [1.165, 1.54) is 0 Å². The normalized spacial score (nSPS) is 12.6. The van der Waals surface area contributed by atoms with Crippen LogP contribution in [0.15, 0.2) is 24.3 Å². The molecule has 1 atom stereocenters. The molecule has 2 rings (SSSR count). The molecule has 2 aromatic rings. The molecular weight excluding hydrogens is 288 g/mol. The lowest BCUT2D eigenvalue weighted by Crippen LogP contribution is -2.07. The summed E-state index contributed by atoms with van der Waals surface area (Å²) in [5.41, 5.74) is 3.68. The molecule has 21 heavy (non-hydrogen) atoms. The molecule has 5 heteroatoms. The summed E-state index contributed by atoms with van der Waals surface area (Å²) in [6, 6.07) is 7.77. The average molecular weight is 309 g/mol. The first-order valence-corrected chi connectivity index (χ1v) is 7.40. The Balaban J connectivity index is 2.14. The number of hydrogen-bond donors (Lipinski definition) is 1. The van der Waals surface area contributed by atoms with Gasteiger partial charge >= 0.3 is 0 Å². The third kappa shape index (κ3) is 3.64. The number of ether oxygens (including phenoxy) is 1. The van der Waals surface area contributed by atoms with Gasteiger partial charge in [-0.15, -0.1) is 0 Å². The third-order valence-electron chi connectivity index (χ3n) is 3.57. The monoisotopic (exact) mass is 308 g/mol. The van der Waals surface area contributed by atoms with Gasteiger partial charge in [-0.3, -0.25) is 4.68 Å². The van der Waals surface area contributed by atoms with Crippen LogP contribution in [0.25, 0.3) is 0 Å². The van der Waals surface area contributed by atoms with Gasteiger partial charge in [-0.1, -0.05) is 42.8 Å². The quantitative estimate of drug-likeness (QED) is 0.892. The lowest BCUT2D eigenvalue weighted by atomic mass is 10.0. The van der Waals surface area contributed by atoms with E-state index >= 15 is 0 Å². The highest BCUT2D eigenvalue weighted by molar-refractivity contribution is 6.31. The highest BCUT2D eigenvalue weighted by Crippen LogP contribution is 2.26. The third-order valence-corrected chi connectivity index (χ3v) is 4.00. The summed E-state index contributed by atoms with van der Waals surface area (Å²) in [6.07, 6.45) is 0.639. The van der Waals surface area contributed by atoms with Crippen LogP contribution in [0.4, 0.5) is 0 Å². The SMILES string of the molecule is CCc1nn(C)c(CC(O)c2ccc(COC)cc2)c1Cl. The summed E-state index contributed by atoms with van der Waals surface area (Å²) in [4.78, 5) is 0. The Labute approximate surface area is 130 Å². The van der Waals surface area contributed by atoms with Crippen LogP contribution in [0.3, 0.4) is 0 Å². The molecule has 0 aliphatic heterocycles. The maximum atomic E-state index is 10.4. The van der Waals surface area contributed by atoms with Gasteiger partial charge in [0.05, 0.1) is 29.1 Å². The van der Waals surface area contributed by atoms with Gasteiger partial charge in [0.15, 0.2) is 0 Å². The molecule has 0 aliphatic rings. The first kappa shape index (κ1) is 16.0. The number of rotatable bonds is 6. The van der Waals surface area contributed by atoms with Gasteiger partial charge in [0, 0.05) is 20.6 Å². The van der Waals surface area contributed by atoms with Crippen LogP contribution in [0.1, 0.15) is 35.5 Å². The van der Waals surface area contributed by atoms with E-state index in [-0.39, 0.29) is 0 Å². The predicted octanol–water partition coefficient (Wildman–Crippen LogP) is 3.06. The van der Waals surface area contributed by atoms with Gasteiger partial charge in [0.2, 0.25) is 0 Å². The van der Waals surface area contributed by atoms with E-state index in [1.54, 1.807) is 11.8 Å². The van der Waals surface area contributed by atoms with E-state index in [2.05, 4.69) is 5.10 Å². The van der Waals surface area contributed by atoms with Gasteiger partial charge in [-0.2, -0.15) is 5.10 Å². The number of halogens is 1.